The Kier molecular flexibility index (Phi) is 4.88. The van der Waals surface area contributed by atoms with E-state index in [9.17, 15) is 18.0 Å². The minimum atomic E-state index is -3.71. The highest BCUT2D eigenvalue weighted by molar-refractivity contribution is 7.89. The first-order valence-corrected chi connectivity index (χ1v) is 10.2. The van der Waals surface area contributed by atoms with E-state index in [4.69, 9.17) is 9.15 Å². The van der Waals surface area contributed by atoms with E-state index in [-0.39, 0.29) is 35.9 Å². The largest absolute Gasteiger partial charge is 0.420 e. The number of oxazole rings is 1. The quantitative estimate of drug-likeness (QED) is 0.600. The summed E-state index contributed by atoms with van der Waals surface area (Å²) in [7, 11) is -3.71. The molecule has 0 bridgehead atoms. The zero-order chi connectivity index (χ0) is 19.7. The Bertz CT molecular complexity index is 1170. The molecule has 1 aliphatic heterocycles. The van der Waals surface area contributed by atoms with Gasteiger partial charge in [-0.05, 0) is 12.1 Å². The van der Waals surface area contributed by atoms with Gasteiger partial charge in [0.05, 0.1) is 30.2 Å². The monoisotopic (exact) mass is 402 g/mol. The fraction of sp³-hybridized carbons (Fsp3) is 0.263. The fourth-order valence-electron chi connectivity index (χ4n) is 3.15. The van der Waals surface area contributed by atoms with Crippen LogP contribution in [0.1, 0.15) is 10.4 Å². The molecule has 4 rings (SSSR count). The summed E-state index contributed by atoms with van der Waals surface area (Å²) in [4.78, 5) is 24.7. The highest BCUT2D eigenvalue weighted by atomic mass is 32.2. The third-order valence-corrected chi connectivity index (χ3v) is 6.54. The van der Waals surface area contributed by atoms with E-state index < -0.39 is 15.8 Å². The van der Waals surface area contributed by atoms with Crippen LogP contribution in [0.3, 0.4) is 0 Å². The number of carbonyl (C=O) groups is 1. The highest BCUT2D eigenvalue weighted by Crippen LogP contribution is 2.22. The molecule has 8 nitrogen and oxygen atoms in total. The number of nitrogens with zero attached hydrogens (tertiary/aromatic N) is 2. The van der Waals surface area contributed by atoms with E-state index in [2.05, 4.69) is 0 Å². The summed E-state index contributed by atoms with van der Waals surface area (Å²) in [5, 5.41) is 0. The number of morpholine rings is 1. The van der Waals surface area contributed by atoms with Crippen LogP contribution in [0.5, 0.6) is 0 Å². The Hall–Kier alpha value is -2.75. The number of fused-ring (bicyclic) bond motifs is 1. The molecule has 0 amide bonds. The number of benzene rings is 2. The summed E-state index contributed by atoms with van der Waals surface area (Å²) < 4.78 is 38.5. The predicted molar refractivity (Wildman–Crippen MR) is 101 cm³/mol. The second-order valence-electron chi connectivity index (χ2n) is 6.39. The molecule has 0 atom stereocenters. The number of rotatable bonds is 5. The SMILES string of the molecule is O=C(Cn1c(=O)oc2cc(S(=O)(=O)N3CCOCC3)ccc21)c1ccccc1. The average Bonchev–Trinajstić information content (AvgIpc) is 3.03. The average molecular weight is 402 g/mol. The molecule has 0 radical (unpaired) electrons. The summed E-state index contributed by atoms with van der Waals surface area (Å²) in [6.45, 7) is 1.04. The van der Waals surface area contributed by atoms with Gasteiger partial charge in [0.1, 0.15) is 0 Å². The Morgan fingerprint density at radius 2 is 1.75 bits per heavy atom. The van der Waals surface area contributed by atoms with Crippen molar-refractivity contribution in [2.75, 3.05) is 26.3 Å². The first-order valence-electron chi connectivity index (χ1n) is 8.76. The predicted octanol–water partition coefficient (Wildman–Crippen LogP) is 1.50. The number of hydrogen-bond acceptors (Lipinski definition) is 6. The van der Waals surface area contributed by atoms with Crippen LogP contribution >= 0.6 is 0 Å². The van der Waals surface area contributed by atoms with Crippen molar-refractivity contribution in [1.29, 1.82) is 0 Å². The summed E-state index contributed by atoms with van der Waals surface area (Å²) >= 11 is 0. The van der Waals surface area contributed by atoms with Gasteiger partial charge < -0.3 is 9.15 Å². The number of carbonyl (C=O) groups excluding carboxylic acids is 1. The van der Waals surface area contributed by atoms with Crippen molar-refractivity contribution in [1.82, 2.24) is 8.87 Å². The molecule has 2 aromatic carbocycles. The lowest BCUT2D eigenvalue weighted by atomic mass is 10.1. The summed E-state index contributed by atoms with van der Waals surface area (Å²) in [5.74, 6) is -0.949. The summed E-state index contributed by atoms with van der Waals surface area (Å²) in [5.41, 5.74) is 0.977. The Balaban J connectivity index is 1.67. The van der Waals surface area contributed by atoms with Gasteiger partial charge in [0, 0.05) is 24.7 Å². The summed E-state index contributed by atoms with van der Waals surface area (Å²) in [6, 6.07) is 12.9. The standard InChI is InChI=1S/C19H18N2O6S/c22-17(14-4-2-1-3-5-14)13-21-16-7-6-15(12-18(16)27-19(21)23)28(24,25)20-8-10-26-11-9-20/h1-7,12H,8-11,13H2. The molecule has 28 heavy (non-hydrogen) atoms. The third kappa shape index (κ3) is 3.39. The van der Waals surface area contributed by atoms with Crippen LogP contribution in [-0.2, 0) is 21.3 Å². The maximum Gasteiger partial charge on any atom is 0.420 e. The van der Waals surface area contributed by atoms with Gasteiger partial charge in [-0.2, -0.15) is 4.31 Å². The van der Waals surface area contributed by atoms with Gasteiger partial charge in [0.25, 0.3) is 0 Å². The van der Waals surface area contributed by atoms with Gasteiger partial charge in [-0.15, -0.1) is 0 Å². The van der Waals surface area contributed by atoms with E-state index in [1.54, 1.807) is 30.3 Å². The molecular formula is C19H18N2O6S. The molecule has 0 spiro atoms. The molecule has 3 aromatic rings. The molecule has 1 aliphatic rings. The lowest BCUT2D eigenvalue weighted by Crippen LogP contribution is -2.40. The molecule has 1 fully saturated rings. The fourth-order valence-corrected chi connectivity index (χ4v) is 4.58. The molecule has 2 heterocycles. The minimum absolute atomic E-state index is 0.0391. The molecule has 0 unspecified atom stereocenters. The molecule has 0 aliphatic carbocycles. The van der Waals surface area contributed by atoms with Crippen LogP contribution in [0.25, 0.3) is 11.1 Å². The van der Waals surface area contributed by atoms with Crippen LogP contribution in [0.4, 0.5) is 0 Å². The van der Waals surface area contributed by atoms with Crippen LogP contribution in [0.2, 0.25) is 0 Å². The normalized spacial score (nSPS) is 15.7. The zero-order valence-electron chi connectivity index (χ0n) is 14.9. The maximum absolute atomic E-state index is 12.8. The number of hydrogen-bond donors (Lipinski definition) is 0. The van der Waals surface area contributed by atoms with E-state index >= 15 is 0 Å². The Morgan fingerprint density at radius 3 is 2.46 bits per heavy atom. The van der Waals surface area contributed by atoms with E-state index in [1.807, 2.05) is 0 Å². The van der Waals surface area contributed by atoms with Gasteiger partial charge in [0.15, 0.2) is 11.4 Å². The maximum atomic E-state index is 12.8. The van der Waals surface area contributed by atoms with Crippen LogP contribution in [0, 0.1) is 0 Å². The van der Waals surface area contributed by atoms with Gasteiger partial charge in [-0.25, -0.2) is 13.2 Å². The van der Waals surface area contributed by atoms with E-state index in [1.165, 1.54) is 27.1 Å². The van der Waals surface area contributed by atoms with Crippen molar-refractivity contribution in [3.63, 3.8) is 0 Å². The lowest BCUT2D eigenvalue weighted by Gasteiger charge is -2.25. The summed E-state index contributed by atoms with van der Waals surface area (Å²) in [6.07, 6.45) is 0. The molecule has 0 N–H and O–H groups in total. The Labute approximate surface area is 161 Å². The van der Waals surface area contributed by atoms with Crippen molar-refractivity contribution in [3.05, 3.63) is 64.6 Å². The Morgan fingerprint density at radius 1 is 1.04 bits per heavy atom. The minimum Gasteiger partial charge on any atom is -0.408 e. The van der Waals surface area contributed by atoms with E-state index in [0.717, 1.165) is 0 Å². The van der Waals surface area contributed by atoms with Gasteiger partial charge in [-0.1, -0.05) is 30.3 Å². The zero-order valence-corrected chi connectivity index (χ0v) is 15.7. The first-order chi connectivity index (χ1) is 13.5. The number of ether oxygens (including phenoxy) is 1. The van der Waals surface area contributed by atoms with E-state index in [0.29, 0.717) is 24.3 Å². The highest BCUT2D eigenvalue weighted by Gasteiger charge is 2.27. The molecule has 1 aromatic heterocycles. The van der Waals surface area contributed by atoms with Crippen molar-refractivity contribution >= 4 is 26.9 Å². The topological polar surface area (TPSA) is 98.8 Å². The van der Waals surface area contributed by atoms with Crippen molar-refractivity contribution in [2.24, 2.45) is 0 Å². The molecule has 0 saturated carbocycles. The smallest absolute Gasteiger partial charge is 0.408 e. The molecular weight excluding hydrogens is 384 g/mol. The molecule has 1 saturated heterocycles. The third-order valence-electron chi connectivity index (χ3n) is 4.65. The number of aromatic nitrogens is 1. The second-order valence-corrected chi connectivity index (χ2v) is 8.33. The lowest BCUT2D eigenvalue weighted by molar-refractivity contribution is 0.0730. The molecule has 9 heteroatoms. The number of Topliss-reactive ketones (excluding diaryl/α,β-unsaturated/α-hetero) is 1. The number of ketones is 1. The van der Waals surface area contributed by atoms with Gasteiger partial charge >= 0.3 is 5.76 Å². The molecule has 146 valence electrons. The van der Waals surface area contributed by atoms with Crippen molar-refractivity contribution in [2.45, 2.75) is 11.4 Å². The van der Waals surface area contributed by atoms with Crippen LogP contribution in [-0.4, -0.2) is 49.4 Å². The second kappa shape index (κ2) is 7.34. The van der Waals surface area contributed by atoms with Crippen LogP contribution in [0.15, 0.2) is 62.6 Å². The van der Waals surface area contributed by atoms with Crippen LogP contribution < -0.4 is 5.76 Å². The number of sulfonamides is 1. The van der Waals surface area contributed by atoms with Crippen molar-refractivity contribution in [3.8, 4) is 0 Å². The van der Waals surface area contributed by atoms with Gasteiger partial charge in [0.2, 0.25) is 10.0 Å². The first kappa shape index (κ1) is 18.6. The van der Waals surface area contributed by atoms with Crippen molar-refractivity contribution < 1.29 is 22.4 Å². The van der Waals surface area contributed by atoms with Gasteiger partial charge in [-0.3, -0.25) is 9.36 Å².